The van der Waals surface area contributed by atoms with Crippen molar-refractivity contribution in [2.24, 2.45) is 0 Å². The fourth-order valence-corrected chi connectivity index (χ4v) is 2.74. The summed E-state index contributed by atoms with van der Waals surface area (Å²) in [4.78, 5) is 25.0. The smallest absolute Gasteiger partial charge is 0.243 e. The third-order valence-corrected chi connectivity index (χ3v) is 4.04. The summed E-state index contributed by atoms with van der Waals surface area (Å²) in [5, 5.41) is 3.18. The number of carbonyl (C=O) groups excluding carboxylic acids is 1. The lowest BCUT2D eigenvalue weighted by Gasteiger charge is -2.36. The molecule has 3 rings (SSSR count). The second-order valence-corrected chi connectivity index (χ2v) is 5.35. The summed E-state index contributed by atoms with van der Waals surface area (Å²) in [5.41, 5.74) is 1.05. The van der Waals surface area contributed by atoms with E-state index in [0.717, 1.165) is 50.7 Å². The molecule has 8 heteroatoms. The van der Waals surface area contributed by atoms with Crippen LogP contribution in [-0.4, -0.2) is 59.5 Å². The van der Waals surface area contributed by atoms with E-state index in [1.807, 2.05) is 23.1 Å². The van der Waals surface area contributed by atoms with Crippen molar-refractivity contribution in [3.8, 4) is 0 Å². The number of nitrogens with zero attached hydrogens (tertiary/aromatic N) is 4. The van der Waals surface area contributed by atoms with E-state index in [1.165, 1.54) is 0 Å². The summed E-state index contributed by atoms with van der Waals surface area (Å²) in [6.07, 6.45) is 6.49. The minimum absolute atomic E-state index is 0. The lowest BCUT2D eigenvalue weighted by Crippen LogP contribution is -2.53. The van der Waals surface area contributed by atoms with Gasteiger partial charge in [-0.25, -0.2) is 9.97 Å². The van der Waals surface area contributed by atoms with E-state index in [-0.39, 0.29) is 36.8 Å². The van der Waals surface area contributed by atoms with Gasteiger partial charge in [-0.05, 0) is 6.42 Å². The quantitative estimate of drug-likeness (QED) is 0.817. The number of anilines is 1. The van der Waals surface area contributed by atoms with E-state index in [9.17, 15) is 4.79 Å². The van der Waals surface area contributed by atoms with Crippen molar-refractivity contribution < 1.29 is 4.79 Å². The first-order valence-corrected chi connectivity index (χ1v) is 7.52. The van der Waals surface area contributed by atoms with E-state index in [0.29, 0.717) is 0 Å². The molecule has 1 amide bonds. The number of amides is 1. The van der Waals surface area contributed by atoms with Crippen molar-refractivity contribution in [2.45, 2.75) is 19.4 Å². The summed E-state index contributed by atoms with van der Waals surface area (Å²) in [7, 11) is 0. The maximum atomic E-state index is 12.3. The Kier molecular flexibility index (Phi) is 7.75. The minimum Gasteiger partial charge on any atom is -0.353 e. The highest BCUT2D eigenvalue weighted by Crippen LogP contribution is 2.15. The van der Waals surface area contributed by atoms with Crippen molar-refractivity contribution in [3.05, 3.63) is 30.2 Å². The molecule has 6 nitrogen and oxygen atoms in total. The van der Waals surface area contributed by atoms with Crippen molar-refractivity contribution in [1.82, 2.24) is 20.2 Å². The zero-order valence-electron chi connectivity index (χ0n) is 13.1. The minimum atomic E-state index is -0.137. The topological polar surface area (TPSA) is 61.4 Å². The van der Waals surface area contributed by atoms with Gasteiger partial charge in [0.15, 0.2) is 0 Å². The summed E-state index contributed by atoms with van der Waals surface area (Å²) < 4.78 is 0. The summed E-state index contributed by atoms with van der Waals surface area (Å²) in [5.74, 6) is 1.15. The monoisotopic (exact) mass is 359 g/mol. The van der Waals surface area contributed by atoms with Crippen LogP contribution in [0.3, 0.4) is 0 Å². The fourth-order valence-electron chi connectivity index (χ4n) is 2.74. The first-order valence-electron chi connectivity index (χ1n) is 7.52. The molecule has 1 aromatic rings. The Bertz CT molecular complexity index is 546. The van der Waals surface area contributed by atoms with Crippen LogP contribution in [0, 0.1) is 0 Å². The van der Waals surface area contributed by atoms with Crippen LogP contribution in [0.1, 0.15) is 12.6 Å². The third kappa shape index (κ3) is 4.56. The molecule has 1 unspecified atom stereocenters. The first-order chi connectivity index (χ1) is 10.3. The summed E-state index contributed by atoms with van der Waals surface area (Å²) in [6, 6.07) is 1.90. The second-order valence-electron chi connectivity index (χ2n) is 5.35. The van der Waals surface area contributed by atoms with Crippen molar-refractivity contribution in [1.29, 1.82) is 0 Å². The van der Waals surface area contributed by atoms with Gasteiger partial charge in [0.25, 0.3) is 0 Å². The fraction of sp³-hybridized carbons (Fsp3) is 0.533. The predicted octanol–water partition coefficient (Wildman–Crippen LogP) is 1.06. The molecule has 1 aromatic heterocycles. The highest BCUT2D eigenvalue weighted by atomic mass is 35.5. The van der Waals surface area contributed by atoms with Gasteiger partial charge in [0.2, 0.25) is 5.91 Å². The largest absolute Gasteiger partial charge is 0.353 e. The highest BCUT2D eigenvalue weighted by Gasteiger charge is 2.27. The molecule has 1 fully saturated rings. The van der Waals surface area contributed by atoms with Gasteiger partial charge in [-0.1, -0.05) is 19.1 Å². The molecular formula is C15H23Cl2N5O. The number of piperazine rings is 1. The van der Waals surface area contributed by atoms with Gasteiger partial charge in [0, 0.05) is 44.5 Å². The third-order valence-electron chi connectivity index (χ3n) is 4.04. The number of hydrogen-bond donors (Lipinski definition) is 1. The Morgan fingerprint density at radius 3 is 2.61 bits per heavy atom. The van der Waals surface area contributed by atoms with Gasteiger partial charge in [-0.2, -0.15) is 0 Å². The summed E-state index contributed by atoms with van der Waals surface area (Å²) >= 11 is 0. The molecule has 1 N–H and O–H groups in total. The number of rotatable bonds is 3. The maximum absolute atomic E-state index is 12.3. The molecule has 0 bridgehead atoms. The Morgan fingerprint density at radius 2 is 2.00 bits per heavy atom. The van der Waals surface area contributed by atoms with Crippen LogP contribution >= 0.6 is 24.8 Å². The SMILES string of the molecule is CCc1cc(N2CCN(C(=O)C3C=CCN3)CC2)ncn1.Cl.Cl. The van der Waals surface area contributed by atoms with Gasteiger partial charge in [-0.15, -0.1) is 24.8 Å². The van der Waals surface area contributed by atoms with Crippen LogP contribution < -0.4 is 10.2 Å². The molecule has 128 valence electrons. The standard InChI is InChI=1S/C15H21N5O.2ClH/c1-2-12-10-14(18-11-17-12)19-6-8-20(9-7-19)15(21)13-4-3-5-16-13;;/h3-4,10-11,13,16H,2,5-9H2,1H3;2*1H. The first kappa shape index (κ1) is 19.7. The number of nitrogens with one attached hydrogen (secondary N) is 1. The van der Waals surface area contributed by atoms with Crippen LogP contribution in [0.5, 0.6) is 0 Å². The summed E-state index contributed by atoms with van der Waals surface area (Å²) in [6.45, 7) is 6.01. The molecule has 23 heavy (non-hydrogen) atoms. The van der Waals surface area contributed by atoms with E-state index in [1.54, 1.807) is 6.33 Å². The highest BCUT2D eigenvalue weighted by molar-refractivity contribution is 5.85. The molecule has 0 radical (unpaired) electrons. The predicted molar refractivity (Wildman–Crippen MR) is 95.6 cm³/mol. The Balaban J connectivity index is 0.00000132. The average Bonchev–Trinajstić information content (AvgIpc) is 3.09. The number of carbonyl (C=O) groups is 1. The zero-order valence-corrected chi connectivity index (χ0v) is 14.8. The molecule has 0 aromatic carbocycles. The normalized spacial score (nSPS) is 20.0. The molecule has 0 spiro atoms. The average molecular weight is 360 g/mol. The van der Waals surface area contributed by atoms with Gasteiger partial charge < -0.3 is 9.80 Å². The molecular weight excluding hydrogens is 337 g/mol. The number of aromatic nitrogens is 2. The van der Waals surface area contributed by atoms with Gasteiger partial charge in [0.1, 0.15) is 18.2 Å². The maximum Gasteiger partial charge on any atom is 0.243 e. The van der Waals surface area contributed by atoms with Crippen LogP contribution in [0.4, 0.5) is 5.82 Å². The van der Waals surface area contributed by atoms with Crippen molar-refractivity contribution in [2.75, 3.05) is 37.6 Å². The number of hydrogen-bond acceptors (Lipinski definition) is 5. The Morgan fingerprint density at radius 1 is 1.26 bits per heavy atom. The van der Waals surface area contributed by atoms with E-state index < -0.39 is 0 Å². The molecule has 1 saturated heterocycles. The lowest BCUT2D eigenvalue weighted by molar-refractivity contribution is -0.132. The zero-order chi connectivity index (χ0) is 14.7. The molecule has 2 aliphatic rings. The van der Waals surface area contributed by atoms with E-state index in [2.05, 4.69) is 27.1 Å². The van der Waals surface area contributed by atoms with Gasteiger partial charge >= 0.3 is 0 Å². The lowest BCUT2D eigenvalue weighted by atomic mass is 10.2. The van der Waals surface area contributed by atoms with Crippen LogP contribution in [-0.2, 0) is 11.2 Å². The van der Waals surface area contributed by atoms with Crippen LogP contribution in [0.25, 0.3) is 0 Å². The van der Waals surface area contributed by atoms with Crippen molar-refractivity contribution >= 4 is 36.5 Å². The Hall–Kier alpha value is -1.37. The van der Waals surface area contributed by atoms with E-state index in [4.69, 9.17) is 0 Å². The van der Waals surface area contributed by atoms with Crippen LogP contribution in [0.15, 0.2) is 24.5 Å². The molecule has 0 saturated carbocycles. The molecule has 3 heterocycles. The van der Waals surface area contributed by atoms with Gasteiger partial charge in [-0.3, -0.25) is 10.1 Å². The molecule has 2 aliphatic heterocycles. The molecule has 0 aliphatic carbocycles. The Labute approximate surface area is 149 Å². The number of halogens is 2. The number of aryl methyl sites for hydroxylation is 1. The second kappa shape index (κ2) is 9.05. The molecule has 1 atom stereocenters. The van der Waals surface area contributed by atoms with E-state index >= 15 is 0 Å². The van der Waals surface area contributed by atoms with Crippen molar-refractivity contribution in [3.63, 3.8) is 0 Å². The van der Waals surface area contributed by atoms with Crippen LogP contribution in [0.2, 0.25) is 0 Å². The van der Waals surface area contributed by atoms with Gasteiger partial charge in [0.05, 0.1) is 0 Å².